The van der Waals surface area contributed by atoms with Crippen LogP contribution >= 0.6 is 12.2 Å². The van der Waals surface area contributed by atoms with Crippen molar-refractivity contribution in [1.29, 1.82) is 0 Å². The molecule has 0 aromatic heterocycles. The van der Waals surface area contributed by atoms with Crippen molar-refractivity contribution in [1.82, 2.24) is 4.90 Å². The van der Waals surface area contributed by atoms with Crippen LogP contribution in [0.1, 0.15) is 40.0 Å². The van der Waals surface area contributed by atoms with E-state index >= 15 is 0 Å². The predicted octanol–water partition coefficient (Wildman–Crippen LogP) is 1.71. The first-order valence-corrected chi connectivity index (χ1v) is 7.08. The van der Waals surface area contributed by atoms with Crippen LogP contribution in [0.25, 0.3) is 0 Å². The Kier molecular flexibility index (Phi) is 6.02. The fourth-order valence-corrected chi connectivity index (χ4v) is 2.49. The highest BCUT2D eigenvalue weighted by atomic mass is 32.1. The third-order valence-electron chi connectivity index (χ3n) is 3.43. The first-order valence-electron chi connectivity index (χ1n) is 6.67. The van der Waals surface area contributed by atoms with Crippen molar-refractivity contribution in [2.24, 2.45) is 11.7 Å². The molecule has 1 heterocycles. The maximum atomic E-state index is 12.5. The van der Waals surface area contributed by atoms with Gasteiger partial charge in [0.05, 0.1) is 17.0 Å². The van der Waals surface area contributed by atoms with E-state index in [9.17, 15) is 4.79 Å². The van der Waals surface area contributed by atoms with E-state index in [0.717, 1.165) is 12.8 Å². The molecule has 1 aliphatic heterocycles. The van der Waals surface area contributed by atoms with Gasteiger partial charge < -0.3 is 15.4 Å². The van der Waals surface area contributed by atoms with E-state index in [1.54, 1.807) is 0 Å². The van der Waals surface area contributed by atoms with Crippen molar-refractivity contribution in [2.75, 3.05) is 13.2 Å². The predicted molar refractivity (Wildman–Crippen MR) is 76.4 cm³/mol. The van der Waals surface area contributed by atoms with Gasteiger partial charge in [-0.25, -0.2) is 0 Å². The van der Waals surface area contributed by atoms with E-state index in [2.05, 4.69) is 6.92 Å². The third-order valence-corrected chi connectivity index (χ3v) is 3.64. The molecular formula is C13H24N2O2S. The van der Waals surface area contributed by atoms with Gasteiger partial charge in [-0.3, -0.25) is 4.79 Å². The fourth-order valence-electron chi connectivity index (χ4n) is 2.40. The van der Waals surface area contributed by atoms with Gasteiger partial charge in [0.25, 0.3) is 0 Å². The van der Waals surface area contributed by atoms with Gasteiger partial charge in [0.2, 0.25) is 5.91 Å². The number of hydrogen-bond donors (Lipinski definition) is 1. The lowest BCUT2D eigenvalue weighted by Crippen LogP contribution is -2.44. The third kappa shape index (κ3) is 3.92. The molecule has 1 saturated heterocycles. The second-order valence-corrected chi connectivity index (χ2v) is 5.58. The second kappa shape index (κ2) is 7.04. The van der Waals surface area contributed by atoms with Crippen LogP contribution in [-0.2, 0) is 9.53 Å². The Balaban J connectivity index is 2.66. The zero-order valence-corrected chi connectivity index (χ0v) is 12.3. The van der Waals surface area contributed by atoms with Crippen LogP contribution in [-0.4, -0.2) is 41.1 Å². The van der Waals surface area contributed by atoms with Gasteiger partial charge in [-0.2, -0.15) is 0 Å². The van der Waals surface area contributed by atoms with Crippen molar-refractivity contribution in [3.8, 4) is 0 Å². The van der Waals surface area contributed by atoms with Gasteiger partial charge in [0.15, 0.2) is 0 Å². The summed E-state index contributed by atoms with van der Waals surface area (Å²) in [6, 6.07) is 0.171. The summed E-state index contributed by atoms with van der Waals surface area (Å²) >= 11 is 4.88. The summed E-state index contributed by atoms with van der Waals surface area (Å²) in [6.45, 7) is 7.41. The minimum absolute atomic E-state index is 0.00347. The molecular weight excluding hydrogens is 248 g/mol. The number of rotatable bonds is 6. The highest BCUT2D eigenvalue weighted by Crippen LogP contribution is 2.26. The molecule has 4 nitrogen and oxygen atoms in total. The average Bonchev–Trinajstić information content (AvgIpc) is 2.75. The Hall–Kier alpha value is -0.680. The van der Waals surface area contributed by atoms with Gasteiger partial charge in [0.1, 0.15) is 0 Å². The summed E-state index contributed by atoms with van der Waals surface area (Å²) < 4.78 is 5.59. The number of thiocarbonyl (C=S) groups is 1. The smallest absolute Gasteiger partial charge is 0.228 e. The monoisotopic (exact) mass is 272 g/mol. The Morgan fingerprint density at radius 3 is 2.72 bits per heavy atom. The first-order chi connectivity index (χ1) is 8.47. The van der Waals surface area contributed by atoms with E-state index in [0.29, 0.717) is 24.6 Å². The molecule has 1 rings (SSSR count). The zero-order chi connectivity index (χ0) is 13.7. The van der Waals surface area contributed by atoms with Crippen LogP contribution in [0.15, 0.2) is 0 Å². The van der Waals surface area contributed by atoms with Crippen molar-refractivity contribution in [3.63, 3.8) is 0 Å². The molecule has 1 amide bonds. The van der Waals surface area contributed by atoms with Gasteiger partial charge in [-0.15, -0.1) is 0 Å². The second-order valence-electron chi connectivity index (χ2n) is 5.05. The molecule has 5 heteroatoms. The van der Waals surface area contributed by atoms with Gasteiger partial charge in [-0.1, -0.05) is 19.1 Å². The number of hydrogen-bond acceptors (Lipinski definition) is 3. The fraction of sp³-hybridized carbons (Fsp3) is 0.846. The van der Waals surface area contributed by atoms with Gasteiger partial charge in [-0.05, 0) is 26.7 Å². The van der Waals surface area contributed by atoms with Crippen LogP contribution < -0.4 is 5.73 Å². The van der Waals surface area contributed by atoms with Crippen LogP contribution in [0.3, 0.4) is 0 Å². The molecule has 104 valence electrons. The summed E-state index contributed by atoms with van der Waals surface area (Å²) in [7, 11) is 0. The molecule has 0 spiro atoms. The highest BCUT2D eigenvalue weighted by Gasteiger charge is 2.36. The first kappa shape index (κ1) is 15.4. The minimum Gasteiger partial charge on any atom is -0.393 e. The van der Waals surface area contributed by atoms with Crippen LogP contribution in [0.5, 0.6) is 0 Å². The summed E-state index contributed by atoms with van der Waals surface area (Å²) in [4.78, 5) is 14.9. The molecule has 0 saturated carbocycles. The molecule has 0 bridgehead atoms. The molecule has 18 heavy (non-hydrogen) atoms. The summed E-state index contributed by atoms with van der Waals surface area (Å²) in [5.74, 6) is 0.189. The molecule has 2 atom stereocenters. The standard InChI is InChI=1S/C13H24N2O2S/c1-4-11-10(6-8-17-11)13(16)15(9(2)3)7-5-12(14)18/h9-11H,4-8H2,1-3H3,(H2,14,18). The number of nitrogens with two attached hydrogens (primary N) is 1. The molecule has 1 fully saturated rings. The SMILES string of the molecule is CCC1OCCC1C(=O)N(CCC(N)=S)C(C)C. The Bertz CT molecular complexity index is 307. The van der Waals surface area contributed by atoms with Crippen LogP contribution in [0.4, 0.5) is 0 Å². The zero-order valence-electron chi connectivity index (χ0n) is 11.5. The number of amides is 1. The molecule has 2 unspecified atom stereocenters. The normalized spacial score (nSPS) is 23.3. The Morgan fingerprint density at radius 2 is 2.22 bits per heavy atom. The molecule has 1 aliphatic rings. The number of carbonyl (C=O) groups excluding carboxylic acids is 1. The number of nitrogens with zero attached hydrogens (tertiary/aromatic N) is 1. The maximum Gasteiger partial charge on any atom is 0.228 e. The number of carbonyl (C=O) groups is 1. The lowest BCUT2D eigenvalue weighted by molar-refractivity contribution is -0.139. The van der Waals surface area contributed by atoms with Crippen LogP contribution in [0, 0.1) is 5.92 Å². The number of ether oxygens (including phenoxy) is 1. The van der Waals surface area contributed by atoms with Crippen molar-refractivity contribution < 1.29 is 9.53 Å². The topological polar surface area (TPSA) is 55.6 Å². The summed E-state index contributed by atoms with van der Waals surface area (Å²) in [5, 5.41) is 0. The molecule has 2 N–H and O–H groups in total. The molecule has 0 aromatic carbocycles. The lowest BCUT2D eigenvalue weighted by atomic mass is 9.97. The van der Waals surface area contributed by atoms with Crippen molar-refractivity contribution >= 4 is 23.1 Å². The van der Waals surface area contributed by atoms with Gasteiger partial charge in [0, 0.05) is 25.6 Å². The minimum atomic E-state index is 0.00347. The van der Waals surface area contributed by atoms with E-state index in [1.165, 1.54) is 0 Å². The Morgan fingerprint density at radius 1 is 1.56 bits per heavy atom. The van der Waals surface area contributed by atoms with Crippen molar-refractivity contribution in [2.45, 2.75) is 52.2 Å². The van der Waals surface area contributed by atoms with Crippen molar-refractivity contribution in [3.05, 3.63) is 0 Å². The largest absolute Gasteiger partial charge is 0.393 e. The lowest BCUT2D eigenvalue weighted by Gasteiger charge is -2.30. The molecule has 0 aliphatic carbocycles. The van der Waals surface area contributed by atoms with E-state index in [4.69, 9.17) is 22.7 Å². The molecule has 0 radical (unpaired) electrons. The van der Waals surface area contributed by atoms with E-state index in [1.807, 2.05) is 18.7 Å². The van der Waals surface area contributed by atoms with Gasteiger partial charge >= 0.3 is 0 Å². The van der Waals surface area contributed by atoms with E-state index < -0.39 is 0 Å². The Labute approximate surface area is 115 Å². The summed E-state index contributed by atoms with van der Waals surface area (Å²) in [6.07, 6.45) is 2.37. The maximum absolute atomic E-state index is 12.5. The molecule has 0 aromatic rings. The highest BCUT2D eigenvalue weighted by molar-refractivity contribution is 7.80. The van der Waals surface area contributed by atoms with Crippen LogP contribution in [0.2, 0.25) is 0 Å². The van der Waals surface area contributed by atoms with E-state index in [-0.39, 0.29) is 24.0 Å². The quantitative estimate of drug-likeness (QED) is 0.748. The average molecular weight is 272 g/mol. The summed E-state index contributed by atoms with van der Waals surface area (Å²) in [5.41, 5.74) is 5.52.